The topological polar surface area (TPSA) is 12.0 Å². The molecule has 0 aliphatic rings. The summed E-state index contributed by atoms with van der Waals surface area (Å²) < 4.78 is 14.4. The van der Waals surface area contributed by atoms with Crippen molar-refractivity contribution in [2.24, 2.45) is 0 Å². The number of thiophene rings is 2. The van der Waals surface area contributed by atoms with Crippen LogP contribution >= 0.6 is 22.7 Å². The van der Waals surface area contributed by atoms with E-state index in [9.17, 15) is 4.39 Å². The van der Waals surface area contributed by atoms with Crippen molar-refractivity contribution in [1.29, 1.82) is 0 Å². The molecule has 1 atom stereocenters. The van der Waals surface area contributed by atoms with Gasteiger partial charge < -0.3 is 5.32 Å². The number of fused-ring (bicyclic) bond motifs is 1. The summed E-state index contributed by atoms with van der Waals surface area (Å²) in [4.78, 5) is 1.24. The first kappa shape index (κ1) is 12.8. The molecule has 0 radical (unpaired) electrons. The molecule has 0 aliphatic heterocycles. The van der Waals surface area contributed by atoms with Gasteiger partial charge in [-0.15, -0.1) is 11.3 Å². The van der Waals surface area contributed by atoms with Crippen LogP contribution < -0.4 is 5.32 Å². The zero-order chi connectivity index (χ0) is 13.2. The van der Waals surface area contributed by atoms with Gasteiger partial charge in [0.2, 0.25) is 0 Å². The highest BCUT2D eigenvalue weighted by Gasteiger charge is 2.16. The quantitative estimate of drug-likeness (QED) is 0.728. The van der Waals surface area contributed by atoms with Crippen molar-refractivity contribution in [1.82, 2.24) is 5.32 Å². The minimum absolute atomic E-state index is 0.174. The maximum atomic E-state index is 13.3. The Morgan fingerprint density at radius 3 is 2.89 bits per heavy atom. The van der Waals surface area contributed by atoms with Crippen LogP contribution in [-0.4, -0.2) is 6.54 Å². The second-order valence-electron chi connectivity index (χ2n) is 4.38. The standard InChI is InChI=1S/C15H14FNS2/c1-2-17-15(10-5-6-18-9-10)14-8-11-7-12(16)3-4-13(11)19-14/h3-9,15,17H,2H2,1H3. The summed E-state index contributed by atoms with van der Waals surface area (Å²) in [7, 11) is 0. The van der Waals surface area contributed by atoms with Crippen LogP contribution in [0.1, 0.15) is 23.4 Å². The van der Waals surface area contributed by atoms with E-state index in [0.717, 1.165) is 16.6 Å². The lowest BCUT2D eigenvalue weighted by Crippen LogP contribution is -2.20. The SMILES string of the molecule is CCNC(c1ccsc1)c1cc2cc(F)ccc2s1. The van der Waals surface area contributed by atoms with Crippen LogP contribution in [0.25, 0.3) is 10.1 Å². The first-order valence-corrected chi connectivity index (χ1v) is 7.98. The number of rotatable bonds is 4. The highest BCUT2D eigenvalue weighted by Crippen LogP contribution is 2.34. The van der Waals surface area contributed by atoms with Crippen molar-refractivity contribution in [2.45, 2.75) is 13.0 Å². The average molecular weight is 291 g/mol. The first-order chi connectivity index (χ1) is 9.28. The van der Waals surface area contributed by atoms with Gasteiger partial charge >= 0.3 is 0 Å². The van der Waals surface area contributed by atoms with Gasteiger partial charge in [-0.05, 0) is 58.6 Å². The Hall–Kier alpha value is -1.23. The lowest BCUT2D eigenvalue weighted by atomic mass is 10.1. The van der Waals surface area contributed by atoms with Gasteiger partial charge in [0.25, 0.3) is 0 Å². The van der Waals surface area contributed by atoms with E-state index in [1.54, 1.807) is 28.7 Å². The Bertz CT molecular complexity index is 673. The number of benzene rings is 1. The van der Waals surface area contributed by atoms with Crippen LogP contribution in [0.3, 0.4) is 0 Å². The molecule has 2 heterocycles. The van der Waals surface area contributed by atoms with Crippen LogP contribution in [-0.2, 0) is 0 Å². The molecule has 4 heteroatoms. The molecule has 0 amide bonds. The van der Waals surface area contributed by atoms with Gasteiger partial charge in [-0.1, -0.05) is 6.92 Å². The van der Waals surface area contributed by atoms with Crippen molar-refractivity contribution in [3.8, 4) is 0 Å². The first-order valence-electron chi connectivity index (χ1n) is 6.22. The molecule has 1 unspecified atom stereocenters. The third kappa shape index (κ3) is 2.56. The summed E-state index contributed by atoms with van der Waals surface area (Å²) in [6.45, 7) is 3.01. The Labute approximate surface area is 119 Å². The lowest BCUT2D eigenvalue weighted by Gasteiger charge is -2.14. The van der Waals surface area contributed by atoms with E-state index in [-0.39, 0.29) is 11.9 Å². The molecule has 19 heavy (non-hydrogen) atoms. The molecule has 0 spiro atoms. The van der Waals surface area contributed by atoms with Crippen LogP contribution in [0, 0.1) is 5.82 Å². The molecule has 1 aromatic carbocycles. The molecule has 1 nitrogen and oxygen atoms in total. The van der Waals surface area contributed by atoms with Gasteiger partial charge in [0, 0.05) is 9.58 Å². The van der Waals surface area contributed by atoms with Gasteiger partial charge in [-0.3, -0.25) is 0 Å². The molecule has 1 N–H and O–H groups in total. The third-order valence-electron chi connectivity index (χ3n) is 3.07. The summed E-state index contributed by atoms with van der Waals surface area (Å²) in [5.74, 6) is -0.174. The minimum atomic E-state index is -0.174. The number of nitrogens with one attached hydrogen (secondary N) is 1. The second-order valence-corrected chi connectivity index (χ2v) is 6.27. The van der Waals surface area contributed by atoms with E-state index in [0.29, 0.717) is 0 Å². The fourth-order valence-electron chi connectivity index (χ4n) is 2.20. The number of halogens is 1. The predicted molar refractivity (Wildman–Crippen MR) is 81.6 cm³/mol. The maximum Gasteiger partial charge on any atom is 0.123 e. The summed E-state index contributed by atoms with van der Waals surface area (Å²) in [5, 5.41) is 8.74. The zero-order valence-electron chi connectivity index (χ0n) is 10.5. The Kier molecular flexibility index (Phi) is 3.64. The molecule has 98 valence electrons. The normalized spacial score (nSPS) is 12.9. The van der Waals surface area contributed by atoms with Crippen molar-refractivity contribution >= 4 is 32.8 Å². The third-order valence-corrected chi connectivity index (χ3v) is 4.95. The van der Waals surface area contributed by atoms with Crippen molar-refractivity contribution in [2.75, 3.05) is 6.54 Å². The Morgan fingerprint density at radius 1 is 1.26 bits per heavy atom. The van der Waals surface area contributed by atoms with Gasteiger partial charge in [0.1, 0.15) is 5.82 Å². The highest BCUT2D eigenvalue weighted by atomic mass is 32.1. The summed E-state index contributed by atoms with van der Waals surface area (Å²) in [6, 6.07) is 9.42. The summed E-state index contributed by atoms with van der Waals surface area (Å²) in [5.41, 5.74) is 1.28. The number of hydrogen-bond acceptors (Lipinski definition) is 3. The van der Waals surface area contributed by atoms with E-state index in [2.05, 4.69) is 35.1 Å². The maximum absolute atomic E-state index is 13.3. The fourth-order valence-corrected chi connectivity index (χ4v) is 4.04. The highest BCUT2D eigenvalue weighted by molar-refractivity contribution is 7.19. The predicted octanol–water partition coefficient (Wildman–Crippen LogP) is 4.80. The Morgan fingerprint density at radius 2 is 2.16 bits per heavy atom. The molecular weight excluding hydrogens is 277 g/mol. The molecule has 3 aromatic rings. The van der Waals surface area contributed by atoms with E-state index < -0.39 is 0 Å². The molecule has 2 aromatic heterocycles. The van der Waals surface area contributed by atoms with Crippen molar-refractivity contribution < 1.29 is 4.39 Å². The smallest absolute Gasteiger partial charge is 0.123 e. The summed E-state index contributed by atoms with van der Waals surface area (Å²) in [6.07, 6.45) is 0. The van der Waals surface area contributed by atoms with E-state index >= 15 is 0 Å². The van der Waals surface area contributed by atoms with Crippen molar-refractivity contribution in [3.63, 3.8) is 0 Å². The van der Waals surface area contributed by atoms with Gasteiger partial charge in [0.05, 0.1) is 6.04 Å². The van der Waals surface area contributed by atoms with Crippen LogP contribution in [0.15, 0.2) is 41.1 Å². The monoisotopic (exact) mass is 291 g/mol. The molecular formula is C15H14FNS2. The molecule has 0 fully saturated rings. The van der Waals surface area contributed by atoms with E-state index in [4.69, 9.17) is 0 Å². The largest absolute Gasteiger partial charge is 0.306 e. The van der Waals surface area contributed by atoms with Crippen LogP contribution in [0.5, 0.6) is 0 Å². The Balaban J connectivity index is 2.05. The zero-order valence-corrected chi connectivity index (χ0v) is 12.2. The second kappa shape index (κ2) is 5.41. The van der Waals surface area contributed by atoms with Crippen LogP contribution in [0.4, 0.5) is 4.39 Å². The van der Waals surface area contributed by atoms with Crippen molar-refractivity contribution in [3.05, 3.63) is 57.3 Å². The van der Waals surface area contributed by atoms with Gasteiger partial charge in [-0.2, -0.15) is 11.3 Å². The molecule has 0 saturated carbocycles. The fraction of sp³-hybridized carbons (Fsp3) is 0.200. The minimum Gasteiger partial charge on any atom is -0.306 e. The van der Waals surface area contributed by atoms with E-state index in [1.807, 2.05) is 6.07 Å². The summed E-state index contributed by atoms with van der Waals surface area (Å²) >= 11 is 3.43. The van der Waals surface area contributed by atoms with E-state index in [1.165, 1.54) is 16.5 Å². The van der Waals surface area contributed by atoms with Crippen LogP contribution in [0.2, 0.25) is 0 Å². The molecule has 0 saturated heterocycles. The molecule has 0 bridgehead atoms. The average Bonchev–Trinajstić information content (AvgIpc) is 3.04. The van der Waals surface area contributed by atoms with Gasteiger partial charge in [0.15, 0.2) is 0 Å². The molecule has 3 rings (SSSR count). The molecule has 0 aliphatic carbocycles. The lowest BCUT2D eigenvalue weighted by molar-refractivity contribution is 0.629. The number of hydrogen-bond donors (Lipinski definition) is 1. The van der Waals surface area contributed by atoms with Gasteiger partial charge in [-0.25, -0.2) is 4.39 Å².